The third-order valence-corrected chi connectivity index (χ3v) is 9.62. The van der Waals surface area contributed by atoms with Crippen molar-refractivity contribution in [1.29, 1.82) is 0 Å². The summed E-state index contributed by atoms with van der Waals surface area (Å²) < 4.78 is 5.09. The van der Waals surface area contributed by atoms with E-state index < -0.39 is 17.8 Å². The Bertz CT molecular complexity index is 679. The summed E-state index contributed by atoms with van der Waals surface area (Å²) in [6.45, 7) is 7.25. The lowest BCUT2D eigenvalue weighted by Gasteiger charge is -2.63. The minimum atomic E-state index is -1.70. The van der Waals surface area contributed by atoms with Crippen molar-refractivity contribution in [2.24, 2.45) is 34.5 Å². The molecule has 8 unspecified atom stereocenters. The molecule has 5 fully saturated rings. The Kier molecular flexibility index (Phi) is 3.30. The number of rotatable bonds is 0. The molecule has 3 aliphatic carbocycles. The van der Waals surface area contributed by atoms with Crippen LogP contribution in [0.2, 0.25) is 0 Å². The average Bonchev–Trinajstić information content (AvgIpc) is 3.02. The van der Waals surface area contributed by atoms with E-state index in [1.807, 2.05) is 0 Å². The van der Waals surface area contributed by atoms with E-state index in [1.165, 1.54) is 30.6 Å². The SMILES string of the molecule is CC1CCC2C3CCC4N5C(=O)C(=O)OC5(O)CCC4(C)C3CCC12C. The van der Waals surface area contributed by atoms with Crippen LogP contribution in [0.5, 0.6) is 0 Å². The molecule has 5 heteroatoms. The molecule has 8 atom stereocenters. The van der Waals surface area contributed by atoms with Crippen molar-refractivity contribution in [1.82, 2.24) is 4.90 Å². The van der Waals surface area contributed by atoms with Crippen molar-refractivity contribution < 1.29 is 19.4 Å². The monoisotopic (exact) mass is 361 g/mol. The highest BCUT2D eigenvalue weighted by Gasteiger charge is 2.67. The fourth-order valence-corrected chi connectivity index (χ4v) is 7.96. The summed E-state index contributed by atoms with van der Waals surface area (Å²) in [4.78, 5) is 25.7. The zero-order valence-corrected chi connectivity index (χ0v) is 16.2. The zero-order valence-electron chi connectivity index (χ0n) is 16.2. The van der Waals surface area contributed by atoms with E-state index in [9.17, 15) is 14.7 Å². The van der Waals surface area contributed by atoms with Crippen LogP contribution in [-0.2, 0) is 14.3 Å². The molecule has 2 heterocycles. The van der Waals surface area contributed by atoms with Crippen LogP contribution in [-0.4, -0.2) is 33.8 Å². The first-order chi connectivity index (χ1) is 12.2. The van der Waals surface area contributed by atoms with Gasteiger partial charge in [-0.3, -0.25) is 9.69 Å². The van der Waals surface area contributed by atoms with E-state index in [2.05, 4.69) is 20.8 Å². The Morgan fingerprint density at radius 1 is 0.962 bits per heavy atom. The van der Waals surface area contributed by atoms with E-state index in [1.54, 1.807) is 0 Å². The third kappa shape index (κ3) is 1.86. The van der Waals surface area contributed by atoms with Gasteiger partial charge in [-0.1, -0.05) is 20.8 Å². The molecule has 3 saturated carbocycles. The molecule has 144 valence electrons. The van der Waals surface area contributed by atoms with Gasteiger partial charge >= 0.3 is 11.9 Å². The summed E-state index contributed by atoms with van der Waals surface area (Å²) >= 11 is 0. The molecule has 2 saturated heterocycles. The smallest absolute Gasteiger partial charge is 0.401 e. The van der Waals surface area contributed by atoms with Gasteiger partial charge in [-0.05, 0) is 79.4 Å². The number of hydrogen-bond acceptors (Lipinski definition) is 4. The number of ether oxygens (including phenoxy) is 1. The first-order valence-corrected chi connectivity index (χ1v) is 10.5. The first kappa shape index (κ1) is 17.0. The largest absolute Gasteiger partial charge is 0.406 e. The van der Waals surface area contributed by atoms with Crippen molar-refractivity contribution in [2.75, 3.05) is 0 Å². The summed E-state index contributed by atoms with van der Waals surface area (Å²) in [5.41, 5.74) is 0.453. The Hall–Kier alpha value is -1.10. The van der Waals surface area contributed by atoms with E-state index in [4.69, 9.17) is 4.74 Å². The molecule has 5 nitrogen and oxygen atoms in total. The van der Waals surface area contributed by atoms with E-state index in [0.29, 0.717) is 17.8 Å². The van der Waals surface area contributed by atoms with Crippen molar-refractivity contribution >= 4 is 11.9 Å². The predicted molar refractivity (Wildman–Crippen MR) is 94.5 cm³/mol. The van der Waals surface area contributed by atoms with Gasteiger partial charge in [0.05, 0.1) is 0 Å². The molecule has 2 aliphatic heterocycles. The second kappa shape index (κ2) is 5.03. The Morgan fingerprint density at radius 2 is 1.69 bits per heavy atom. The van der Waals surface area contributed by atoms with Gasteiger partial charge < -0.3 is 9.84 Å². The summed E-state index contributed by atoms with van der Waals surface area (Å²) in [6, 6.07) is -0.0790. The molecule has 0 aromatic heterocycles. The molecule has 26 heavy (non-hydrogen) atoms. The van der Waals surface area contributed by atoms with E-state index >= 15 is 0 Å². The standard InChI is InChI=1S/C21H31NO4/c1-12-4-6-14-13-5-7-16-20(3,15(13)8-9-19(12,14)2)10-11-21(25)22(16)17(23)18(24)26-21/h12-16,25H,4-11H2,1-3H3. The maximum Gasteiger partial charge on any atom is 0.401 e. The summed E-state index contributed by atoms with van der Waals surface area (Å²) in [5.74, 6) is -0.325. The molecular weight excluding hydrogens is 330 g/mol. The van der Waals surface area contributed by atoms with Crippen LogP contribution in [0.4, 0.5) is 0 Å². The highest BCUT2D eigenvalue weighted by atomic mass is 16.7. The molecule has 0 radical (unpaired) electrons. The predicted octanol–water partition coefficient (Wildman–Crippen LogP) is 3.06. The van der Waals surface area contributed by atoms with Gasteiger partial charge in [-0.2, -0.15) is 0 Å². The lowest BCUT2D eigenvalue weighted by molar-refractivity contribution is -0.292. The molecular formula is C21H31NO4. The highest BCUT2D eigenvalue weighted by Crippen LogP contribution is 2.67. The number of nitrogens with zero attached hydrogens (tertiary/aromatic N) is 1. The highest BCUT2D eigenvalue weighted by molar-refractivity contribution is 6.34. The molecule has 0 spiro atoms. The molecule has 1 amide bonds. The fourth-order valence-electron chi connectivity index (χ4n) is 7.96. The van der Waals surface area contributed by atoms with Crippen molar-refractivity contribution in [3.8, 4) is 0 Å². The van der Waals surface area contributed by atoms with Crippen molar-refractivity contribution in [2.45, 2.75) is 84.1 Å². The topological polar surface area (TPSA) is 66.8 Å². The van der Waals surface area contributed by atoms with Gasteiger partial charge in [-0.25, -0.2) is 4.79 Å². The summed E-state index contributed by atoms with van der Waals surface area (Å²) in [6.07, 6.45) is 8.32. The van der Waals surface area contributed by atoms with Crippen LogP contribution in [0.3, 0.4) is 0 Å². The first-order valence-electron chi connectivity index (χ1n) is 10.5. The normalized spacial score (nSPS) is 55.7. The van der Waals surface area contributed by atoms with Crippen LogP contribution < -0.4 is 0 Å². The molecule has 5 rings (SSSR count). The second-order valence-corrected chi connectivity index (χ2v) is 10.3. The lowest BCUT2D eigenvalue weighted by atomic mass is 9.47. The van der Waals surface area contributed by atoms with Gasteiger partial charge in [0.25, 0.3) is 5.91 Å². The van der Waals surface area contributed by atoms with Crippen molar-refractivity contribution in [3.05, 3.63) is 0 Å². The molecule has 1 N–H and O–H groups in total. The number of piperidine rings is 1. The maximum atomic E-state index is 12.5. The number of aliphatic hydroxyl groups is 1. The van der Waals surface area contributed by atoms with Gasteiger partial charge in [0, 0.05) is 12.5 Å². The molecule has 0 aromatic rings. The number of hydrogen-bond donors (Lipinski definition) is 1. The van der Waals surface area contributed by atoms with Gasteiger partial charge in [0.1, 0.15) is 0 Å². The van der Waals surface area contributed by atoms with Crippen LogP contribution >= 0.6 is 0 Å². The number of carbonyl (C=O) groups excluding carboxylic acids is 2. The van der Waals surface area contributed by atoms with Crippen LogP contribution in [0.25, 0.3) is 0 Å². The lowest BCUT2D eigenvalue weighted by Crippen LogP contribution is -2.66. The number of carbonyl (C=O) groups is 2. The second-order valence-electron chi connectivity index (χ2n) is 10.3. The Balaban J connectivity index is 1.50. The summed E-state index contributed by atoms with van der Waals surface area (Å²) in [7, 11) is 0. The Morgan fingerprint density at radius 3 is 2.46 bits per heavy atom. The van der Waals surface area contributed by atoms with Crippen molar-refractivity contribution in [3.63, 3.8) is 0 Å². The van der Waals surface area contributed by atoms with Crippen LogP contribution in [0.15, 0.2) is 0 Å². The third-order valence-electron chi connectivity index (χ3n) is 9.62. The zero-order chi connectivity index (χ0) is 18.5. The average molecular weight is 361 g/mol. The van der Waals surface area contributed by atoms with Gasteiger partial charge in [0.2, 0.25) is 0 Å². The van der Waals surface area contributed by atoms with Gasteiger partial charge in [-0.15, -0.1) is 0 Å². The number of esters is 1. The van der Waals surface area contributed by atoms with E-state index in [0.717, 1.165) is 37.0 Å². The van der Waals surface area contributed by atoms with Crippen LogP contribution in [0.1, 0.15) is 72.1 Å². The number of amides is 1. The minimum absolute atomic E-state index is 0.0219. The summed E-state index contributed by atoms with van der Waals surface area (Å²) in [5, 5.41) is 10.8. The fraction of sp³-hybridized carbons (Fsp3) is 0.905. The van der Waals surface area contributed by atoms with Gasteiger partial charge in [0.15, 0.2) is 0 Å². The van der Waals surface area contributed by atoms with Crippen LogP contribution in [0, 0.1) is 34.5 Å². The quantitative estimate of drug-likeness (QED) is 0.532. The molecule has 0 aromatic carbocycles. The maximum absolute atomic E-state index is 12.5. The number of fused-ring (bicyclic) bond motifs is 7. The molecule has 0 bridgehead atoms. The minimum Gasteiger partial charge on any atom is -0.406 e. The Labute approximate surface area is 155 Å². The van der Waals surface area contributed by atoms with E-state index in [-0.39, 0.29) is 11.5 Å². The molecule has 5 aliphatic rings.